The molecule has 2 aliphatic rings. The van der Waals surface area contributed by atoms with E-state index >= 15 is 0 Å². The van der Waals surface area contributed by atoms with Crippen LogP contribution in [0.2, 0.25) is 0 Å². The first-order chi connectivity index (χ1) is 17.0. The van der Waals surface area contributed by atoms with Crippen molar-refractivity contribution in [2.45, 2.75) is 51.3 Å². The molecule has 6 heteroatoms. The minimum atomic E-state index is -0.571. The van der Waals surface area contributed by atoms with Crippen molar-refractivity contribution in [3.05, 3.63) is 89.0 Å². The van der Waals surface area contributed by atoms with Crippen molar-refractivity contribution in [2.75, 3.05) is 12.4 Å². The summed E-state index contributed by atoms with van der Waals surface area (Å²) in [4.78, 5) is 28.0. The monoisotopic (exact) mass is 470 g/mol. The molecule has 3 aromatic rings. The number of benzene rings is 3. The number of ether oxygens (including phenoxy) is 2. The number of hydrogen-bond acceptors (Lipinski definition) is 4. The number of fused-ring (bicyclic) bond motifs is 2. The van der Waals surface area contributed by atoms with Crippen LogP contribution in [-0.4, -0.2) is 29.9 Å². The van der Waals surface area contributed by atoms with Crippen LogP contribution >= 0.6 is 0 Å². The summed E-state index contributed by atoms with van der Waals surface area (Å²) in [5.41, 5.74) is 5.00. The molecule has 5 rings (SSSR count). The van der Waals surface area contributed by atoms with Crippen molar-refractivity contribution < 1.29 is 19.1 Å². The molecule has 1 aliphatic heterocycles. The van der Waals surface area contributed by atoms with Gasteiger partial charge in [0.25, 0.3) is 5.91 Å². The molecule has 3 aromatic carbocycles. The van der Waals surface area contributed by atoms with E-state index in [1.165, 1.54) is 11.1 Å². The first kappa shape index (κ1) is 23.0. The van der Waals surface area contributed by atoms with E-state index in [2.05, 4.69) is 23.5 Å². The van der Waals surface area contributed by atoms with Crippen molar-refractivity contribution in [1.29, 1.82) is 0 Å². The van der Waals surface area contributed by atoms with E-state index in [0.29, 0.717) is 18.0 Å². The fourth-order valence-corrected chi connectivity index (χ4v) is 5.12. The smallest absolute Gasteiger partial charge is 0.264 e. The lowest BCUT2D eigenvalue weighted by atomic mass is 9.86. The van der Waals surface area contributed by atoms with Gasteiger partial charge in [-0.3, -0.25) is 9.59 Å². The number of amides is 2. The third kappa shape index (κ3) is 4.87. The highest BCUT2D eigenvalue weighted by Crippen LogP contribution is 2.38. The van der Waals surface area contributed by atoms with E-state index in [0.717, 1.165) is 36.1 Å². The molecule has 2 atom stereocenters. The molecule has 0 bridgehead atoms. The number of nitrogens with zero attached hydrogens (tertiary/aromatic N) is 1. The fourth-order valence-electron chi connectivity index (χ4n) is 5.12. The van der Waals surface area contributed by atoms with Gasteiger partial charge < -0.3 is 19.7 Å². The number of nitrogens with one attached hydrogen (secondary N) is 1. The zero-order chi connectivity index (χ0) is 24.4. The molecule has 0 unspecified atom stereocenters. The van der Waals surface area contributed by atoms with Crippen LogP contribution in [0.15, 0.2) is 66.7 Å². The van der Waals surface area contributed by atoms with E-state index in [1.807, 2.05) is 60.4 Å². The van der Waals surface area contributed by atoms with Gasteiger partial charge in [0.05, 0.1) is 26.1 Å². The van der Waals surface area contributed by atoms with Gasteiger partial charge in [-0.05, 0) is 73.2 Å². The van der Waals surface area contributed by atoms with Crippen LogP contribution < -0.4 is 14.8 Å². The maximum atomic E-state index is 13.4. The van der Waals surface area contributed by atoms with Gasteiger partial charge in [-0.2, -0.15) is 0 Å². The van der Waals surface area contributed by atoms with Crippen LogP contribution in [0.25, 0.3) is 0 Å². The van der Waals surface area contributed by atoms with Gasteiger partial charge in [-0.1, -0.05) is 36.4 Å². The number of hydrogen-bond donors (Lipinski definition) is 1. The second-order valence-corrected chi connectivity index (χ2v) is 9.23. The molecule has 1 heterocycles. The third-order valence-electron chi connectivity index (χ3n) is 6.83. The molecule has 0 saturated heterocycles. The van der Waals surface area contributed by atoms with Crippen molar-refractivity contribution in [1.82, 2.24) is 4.90 Å². The van der Waals surface area contributed by atoms with Crippen molar-refractivity contribution in [2.24, 2.45) is 0 Å². The van der Waals surface area contributed by atoms with Gasteiger partial charge in [0, 0.05) is 11.3 Å². The number of carbonyl (C=O) groups excluding carboxylic acids is 2. The zero-order valence-corrected chi connectivity index (χ0v) is 20.1. The van der Waals surface area contributed by atoms with Crippen molar-refractivity contribution in [3.63, 3.8) is 0 Å². The average Bonchev–Trinajstić information content (AvgIpc) is 2.99. The highest BCUT2D eigenvalue weighted by molar-refractivity contribution is 5.92. The van der Waals surface area contributed by atoms with Gasteiger partial charge in [0.15, 0.2) is 6.10 Å². The maximum absolute atomic E-state index is 13.4. The summed E-state index contributed by atoms with van der Waals surface area (Å²) in [6.45, 7) is 2.25. The lowest BCUT2D eigenvalue weighted by Crippen LogP contribution is -2.41. The van der Waals surface area contributed by atoms with Gasteiger partial charge in [0.1, 0.15) is 11.5 Å². The number of carbonyl (C=O) groups is 2. The van der Waals surface area contributed by atoms with Gasteiger partial charge in [-0.25, -0.2) is 0 Å². The summed E-state index contributed by atoms with van der Waals surface area (Å²) in [5.74, 6) is 1.28. The molecule has 0 aromatic heterocycles. The Balaban J connectivity index is 1.37. The Kier molecular flexibility index (Phi) is 6.45. The van der Waals surface area contributed by atoms with E-state index in [4.69, 9.17) is 9.47 Å². The van der Waals surface area contributed by atoms with Gasteiger partial charge >= 0.3 is 0 Å². The molecular formula is C29H30N2O4. The van der Waals surface area contributed by atoms with Crippen molar-refractivity contribution >= 4 is 17.5 Å². The largest absolute Gasteiger partial charge is 0.497 e. The SMILES string of the molecule is COc1cccc(CC(=O)Nc2ccc3c(c2)CN([C@H]2CCCc4ccccc42)C(=O)[C@@H](C)O3)c1. The second kappa shape index (κ2) is 9.82. The number of anilines is 1. The Morgan fingerprint density at radius 3 is 2.80 bits per heavy atom. The van der Waals surface area contributed by atoms with E-state index in [1.54, 1.807) is 7.11 Å². The van der Waals surface area contributed by atoms with Crippen LogP contribution in [0.1, 0.15) is 48.1 Å². The molecule has 35 heavy (non-hydrogen) atoms. The van der Waals surface area contributed by atoms with Crippen LogP contribution in [0.4, 0.5) is 5.69 Å². The van der Waals surface area contributed by atoms with Crippen LogP contribution in [0.3, 0.4) is 0 Å². The molecule has 0 radical (unpaired) electrons. The normalized spacial score (nSPS) is 19.1. The minimum Gasteiger partial charge on any atom is -0.497 e. The Bertz CT molecular complexity index is 1250. The molecule has 0 saturated carbocycles. The lowest BCUT2D eigenvalue weighted by Gasteiger charge is -2.35. The van der Waals surface area contributed by atoms with E-state index in [9.17, 15) is 9.59 Å². The first-order valence-electron chi connectivity index (χ1n) is 12.1. The molecule has 180 valence electrons. The molecule has 0 fully saturated rings. The summed E-state index contributed by atoms with van der Waals surface area (Å²) >= 11 is 0. The minimum absolute atomic E-state index is 0.00786. The molecule has 2 amide bonds. The standard InChI is InChI=1S/C29H30N2O4/c1-19-29(33)31(26-12-6-9-21-8-3-4-11-25(21)26)18-22-17-23(13-14-27(22)35-19)30-28(32)16-20-7-5-10-24(15-20)34-2/h3-5,7-8,10-11,13-15,17,19,26H,6,9,12,16,18H2,1-2H3,(H,30,32)/t19-,26+/m1/s1. The summed E-state index contributed by atoms with van der Waals surface area (Å²) in [6, 6.07) is 21.5. The maximum Gasteiger partial charge on any atom is 0.264 e. The summed E-state index contributed by atoms with van der Waals surface area (Å²) < 4.78 is 11.3. The number of aryl methyl sites for hydroxylation is 1. The lowest BCUT2D eigenvalue weighted by molar-refractivity contribution is -0.140. The van der Waals surface area contributed by atoms with Gasteiger partial charge in [-0.15, -0.1) is 0 Å². The molecule has 1 aliphatic carbocycles. The summed E-state index contributed by atoms with van der Waals surface area (Å²) in [7, 11) is 1.61. The molecule has 0 spiro atoms. The highest BCUT2D eigenvalue weighted by atomic mass is 16.5. The number of methoxy groups -OCH3 is 1. The first-order valence-corrected chi connectivity index (χ1v) is 12.1. The summed E-state index contributed by atoms with van der Waals surface area (Å²) in [6.07, 6.45) is 2.70. The zero-order valence-electron chi connectivity index (χ0n) is 20.1. The van der Waals surface area contributed by atoms with E-state index < -0.39 is 6.10 Å². The van der Waals surface area contributed by atoms with Crippen molar-refractivity contribution in [3.8, 4) is 11.5 Å². The Labute approximate surface area is 205 Å². The quantitative estimate of drug-likeness (QED) is 0.566. The van der Waals surface area contributed by atoms with Crippen LogP contribution in [-0.2, 0) is 29.0 Å². The highest BCUT2D eigenvalue weighted by Gasteiger charge is 2.35. The molecule has 1 N–H and O–H groups in total. The number of rotatable bonds is 5. The molecular weight excluding hydrogens is 440 g/mol. The predicted molar refractivity (Wildman–Crippen MR) is 135 cm³/mol. The second-order valence-electron chi connectivity index (χ2n) is 9.23. The third-order valence-corrected chi connectivity index (χ3v) is 6.83. The Morgan fingerprint density at radius 2 is 1.94 bits per heavy atom. The molecule has 6 nitrogen and oxygen atoms in total. The topological polar surface area (TPSA) is 67.9 Å². The fraction of sp³-hybridized carbons (Fsp3) is 0.310. The predicted octanol–water partition coefficient (Wildman–Crippen LogP) is 5.06. The van der Waals surface area contributed by atoms with Crippen LogP contribution in [0.5, 0.6) is 11.5 Å². The summed E-state index contributed by atoms with van der Waals surface area (Å²) in [5, 5.41) is 2.99. The Hall–Kier alpha value is -3.80. The van der Waals surface area contributed by atoms with Gasteiger partial charge in [0.2, 0.25) is 5.91 Å². The van der Waals surface area contributed by atoms with E-state index in [-0.39, 0.29) is 24.3 Å². The van der Waals surface area contributed by atoms with Crippen LogP contribution in [0, 0.1) is 0 Å². The average molecular weight is 471 g/mol. The Morgan fingerprint density at radius 1 is 1.09 bits per heavy atom.